The molecule has 0 aliphatic rings. The van der Waals surface area contributed by atoms with Gasteiger partial charge >= 0.3 is 0 Å². The van der Waals surface area contributed by atoms with Crippen molar-refractivity contribution in [3.05, 3.63) is 101 Å². The first kappa shape index (κ1) is 29.8. The number of aryl methyl sites for hydroxylation is 2. The Morgan fingerprint density at radius 3 is 1.88 bits per heavy atom. The van der Waals surface area contributed by atoms with E-state index in [1.54, 1.807) is 0 Å². The number of benzene rings is 2. The molecule has 0 saturated carbocycles. The molecule has 0 N–H and O–H groups in total. The average Bonchev–Trinajstić information content (AvgIpc) is 2.77. The van der Waals surface area contributed by atoms with Gasteiger partial charge in [0.05, 0.1) is 0 Å². The molecule has 0 amide bonds. The molecular formula is C30H42BrN. The van der Waals surface area contributed by atoms with Crippen molar-refractivity contribution in [3.8, 4) is 11.1 Å². The first-order valence-corrected chi connectivity index (χ1v) is 12.3. The molecule has 2 heteroatoms. The summed E-state index contributed by atoms with van der Waals surface area (Å²) in [7, 11) is 0. The predicted molar refractivity (Wildman–Crippen MR) is 148 cm³/mol. The maximum Gasteiger partial charge on any atom is 0.0372 e. The van der Waals surface area contributed by atoms with E-state index in [1.165, 1.54) is 28.7 Å². The van der Waals surface area contributed by atoms with Crippen LogP contribution >= 0.6 is 15.9 Å². The maximum absolute atomic E-state index is 4.08. The van der Waals surface area contributed by atoms with Gasteiger partial charge in [0.25, 0.3) is 0 Å². The second-order valence-corrected chi connectivity index (χ2v) is 9.33. The van der Waals surface area contributed by atoms with Crippen LogP contribution < -0.4 is 0 Å². The lowest BCUT2D eigenvalue weighted by Gasteiger charge is -2.13. The molecule has 0 unspecified atom stereocenters. The first-order valence-electron chi connectivity index (χ1n) is 11.5. The fourth-order valence-corrected chi connectivity index (χ4v) is 2.80. The van der Waals surface area contributed by atoms with Crippen molar-refractivity contribution in [2.75, 3.05) is 0 Å². The number of rotatable bonds is 3. The Hall–Kier alpha value is -2.19. The molecule has 3 rings (SSSR count). The van der Waals surface area contributed by atoms with Crippen LogP contribution in [0.4, 0.5) is 0 Å². The van der Waals surface area contributed by atoms with Gasteiger partial charge < -0.3 is 0 Å². The molecule has 2 aromatic carbocycles. The van der Waals surface area contributed by atoms with Gasteiger partial charge in [0, 0.05) is 16.4 Å². The molecule has 1 heterocycles. The fraction of sp³-hybridized carbons (Fsp3) is 0.367. The number of nitrogens with zero attached hydrogens (tertiary/aromatic N) is 1. The van der Waals surface area contributed by atoms with Crippen molar-refractivity contribution < 1.29 is 0 Å². The molecule has 0 bridgehead atoms. The molecule has 0 spiro atoms. The molecule has 174 valence electrons. The zero-order chi connectivity index (χ0) is 24.5. The molecule has 0 aliphatic heterocycles. The first-order chi connectivity index (χ1) is 15.2. The minimum Gasteiger partial charge on any atom is -0.261 e. The molecular weight excluding hydrogens is 454 g/mol. The summed E-state index contributed by atoms with van der Waals surface area (Å²) in [6.07, 6.45) is 5.04. The summed E-state index contributed by atoms with van der Waals surface area (Å²) in [6.45, 7) is 20.5. The van der Waals surface area contributed by atoms with Crippen molar-refractivity contribution >= 4 is 15.9 Å². The van der Waals surface area contributed by atoms with E-state index in [0.29, 0.717) is 11.8 Å². The lowest BCUT2D eigenvalue weighted by Crippen LogP contribution is -1.92. The van der Waals surface area contributed by atoms with Crippen molar-refractivity contribution in [3.63, 3.8) is 0 Å². The predicted octanol–water partition coefficient (Wildman–Crippen LogP) is 10.2. The minimum absolute atomic E-state index is 0.545. The number of pyridine rings is 1. The number of hydrogen-bond acceptors (Lipinski definition) is 1. The maximum atomic E-state index is 4.08. The monoisotopic (exact) mass is 495 g/mol. The van der Waals surface area contributed by atoms with Crippen molar-refractivity contribution in [1.82, 2.24) is 4.98 Å². The largest absolute Gasteiger partial charge is 0.261 e. The molecule has 32 heavy (non-hydrogen) atoms. The smallest absolute Gasteiger partial charge is 0.0372 e. The number of hydrogen-bond donors (Lipinski definition) is 0. The van der Waals surface area contributed by atoms with E-state index in [2.05, 4.69) is 124 Å². The van der Waals surface area contributed by atoms with Gasteiger partial charge in [-0.3, -0.25) is 4.98 Å². The van der Waals surface area contributed by atoms with Gasteiger partial charge in [0.1, 0.15) is 0 Å². The van der Waals surface area contributed by atoms with E-state index in [1.807, 2.05) is 32.2 Å². The van der Waals surface area contributed by atoms with Crippen LogP contribution in [-0.2, 0) is 0 Å². The second kappa shape index (κ2) is 17.4. The Kier molecular flexibility index (Phi) is 16.2. The molecule has 0 fully saturated rings. The summed E-state index contributed by atoms with van der Waals surface area (Å²) < 4.78 is 1.13. The zero-order valence-electron chi connectivity index (χ0n) is 21.3. The van der Waals surface area contributed by atoms with Crippen LogP contribution in [0.2, 0.25) is 0 Å². The number of aromatic nitrogens is 1. The average molecular weight is 497 g/mol. The van der Waals surface area contributed by atoms with Crippen molar-refractivity contribution in [1.29, 1.82) is 0 Å². The zero-order valence-corrected chi connectivity index (χ0v) is 22.9. The normalized spacial score (nSPS) is 9.59. The third-order valence-corrected chi connectivity index (χ3v) is 4.75. The highest BCUT2D eigenvalue weighted by Gasteiger charge is 2.08. The van der Waals surface area contributed by atoms with Crippen molar-refractivity contribution in [2.24, 2.45) is 5.92 Å². The van der Waals surface area contributed by atoms with Crippen molar-refractivity contribution in [2.45, 2.75) is 67.7 Å². The fourth-order valence-electron chi connectivity index (χ4n) is 2.44. The molecule has 0 aliphatic carbocycles. The summed E-state index contributed by atoms with van der Waals surface area (Å²) in [4.78, 5) is 4.08. The van der Waals surface area contributed by atoms with Crippen LogP contribution in [0.25, 0.3) is 11.1 Å². The third-order valence-electron chi connectivity index (χ3n) is 4.25. The van der Waals surface area contributed by atoms with E-state index < -0.39 is 0 Å². The minimum atomic E-state index is 0.545. The molecule has 1 aromatic heterocycles. The Labute approximate surface area is 206 Å². The Bertz CT molecular complexity index is 844. The van der Waals surface area contributed by atoms with Crippen LogP contribution in [0.15, 0.2) is 84.0 Å². The van der Waals surface area contributed by atoms with Crippen LogP contribution in [0.3, 0.4) is 0 Å². The summed E-state index contributed by atoms with van der Waals surface area (Å²) in [5, 5.41) is 0. The van der Waals surface area contributed by atoms with Crippen LogP contribution in [0.1, 0.15) is 70.7 Å². The molecule has 0 atom stereocenters. The van der Waals surface area contributed by atoms with Gasteiger partial charge in [-0.15, -0.1) is 6.58 Å². The van der Waals surface area contributed by atoms with Gasteiger partial charge in [-0.1, -0.05) is 112 Å². The van der Waals surface area contributed by atoms with E-state index in [9.17, 15) is 0 Å². The lowest BCUT2D eigenvalue weighted by molar-refractivity contribution is 0.835. The van der Waals surface area contributed by atoms with Crippen LogP contribution in [0, 0.1) is 19.8 Å². The molecule has 0 saturated heterocycles. The lowest BCUT2D eigenvalue weighted by atomic mass is 9.93. The quantitative estimate of drug-likeness (QED) is 0.329. The Morgan fingerprint density at radius 2 is 1.47 bits per heavy atom. The highest BCUT2D eigenvalue weighted by Crippen LogP contribution is 2.31. The Balaban J connectivity index is 0.000000500. The standard InChI is InChI=1S/C15H15Br.C7H9N.C5H10.C3H8/c1-11(2)14-9-8-13(16)10-15(14)12-6-4-3-5-7-12;1-6-3-4-7(2)8-5-6;1-4-5(2)3;1-3-2/h3-11H,1-2H3;3-5H,1-2H3;4-5H,1H2,2-3H3;3H2,1-2H3. The molecule has 0 radical (unpaired) electrons. The summed E-state index contributed by atoms with van der Waals surface area (Å²) in [5.74, 6) is 1.19. The summed E-state index contributed by atoms with van der Waals surface area (Å²) in [5.41, 5.74) is 6.30. The SMILES string of the molecule is C=CC(C)C.CC(C)c1ccc(Br)cc1-c1ccccc1.CCC.Cc1ccc(C)nc1. The second-order valence-electron chi connectivity index (χ2n) is 8.42. The van der Waals surface area contributed by atoms with Gasteiger partial charge in [-0.25, -0.2) is 0 Å². The van der Waals surface area contributed by atoms with Gasteiger partial charge in [-0.05, 0) is 66.1 Å². The highest BCUT2D eigenvalue weighted by atomic mass is 79.9. The topological polar surface area (TPSA) is 12.9 Å². The Morgan fingerprint density at radius 1 is 0.906 bits per heavy atom. The number of allylic oxidation sites excluding steroid dienone is 1. The van der Waals surface area contributed by atoms with Gasteiger partial charge in [-0.2, -0.15) is 0 Å². The van der Waals surface area contributed by atoms with Gasteiger partial charge in [0.2, 0.25) is 0 Å². The van der Waals surface area contributed by atoms with E-state index >= 15 is 0 Å². The van der Waals surface area contributed by atoms with Crippen LogP contribution in [-0.4, -0.2) is 4.98 Å². The third kappa shape index (κ3) is 13.3. The van der Waals surface area contributed by atoms with E-state index in [4.69, 9.17) is 0 Å². The molecule has 1 nitrogen and oxygen atoms in total. The van der Waals surface area contributed by atoms with E-state index in [-0.39, 0.29) is 0 Å². The summed E-state index contributed by atoms with van der Waals surface area (Å²) >= 11 is 3.54. The van der Waals surface area contributed by atoms with Gasteiger partial charge in [0.15, 0.2) is 0 Å². The van der Waals surface area contributed by atoms with Crippen LogP contribution in [0.5, 0.6) is 0 Å². The number of halogens is 1. The summed E-state index contributed by atoms with van der Waals surface area (Å²) in [6, 6.07) is 21.1. The molecule has 3 aromatic rings. The van der Waals surface area contributed by atoms with E-state index in [0.717, 1.165) is 10.2 Å². The highest BCUT2D eigenvalue weighted by molar-refractivity contribution is 9.10.